The van der Waals surface area contributed by atoms with Crippen LogP contribution in [0.2, 0.25) is 0 Å². The predicted octanol–water partition coefficient (Wildman–Crippen LogP) is 3.75. The first-order valence-corrected chi connectivity index (χ1v) is 9.93. The molecule has 3 atom stereocenters. The number of nitrogens with two attached hydrogens (primary N) is 1. The van der Waals surface area contributed by atoms with Crippen LogP contribution in [0.5, 0.6) is 0 Å². The fraction of sp³-hybridized carbons (Fsp3) is 0.667. The van der Waals surface area contributed by atoms with Crippen molar-refractivity contribution in [2.24, 2.45) is 23.5 Å². The quantitative estimate of drug-likeness (QED) is 0.743. The average molecular weight is 416 g/mol. The highest BCUT2D eigenvalue weighted by atomic mass is 35.5. The summed E-state index contributed by atoms with van der Waals surface area (Å²) in [6, 6.07) is 8.72. The highest BCUT2D eigenvalue weighted by Gasteiger charge is 2.31. The molecule has 154 valence electrons. The van der Waals surface area contributed by atoms with Crippen molar-refractivity contribution in [3.05, 3.63) is 35.4 Å². The summed E-state index contributed by atoms with van der Waals surface area (Å²) < 4.78 is 0. The first-order chi connectivity index (χ1) is 12.2. The number of amides is 1. The van der Waals surface area contributed by atoms with Gasteiger partial charge in [0, 0.05) is 25.6 Å². The Balaban J connectivity index is 0.00000182. The summed E-state index contributed by atoms with van der Waals surface area (Å²) >= 11 is 0. The molecule has 0 bridgehead atoms. The van der Waals surface area contributed by atoms with Gasteiger partial charge in [0.15, 0.2) is 0 Å². The molecule has 1 saturated carbocycles. The van der Waals surface area contributed by atoms with Crippen LogP contribution in [0, 0.1) is 17.8 Å². The Morgan fingerprint density at radius 3 is 2.48 bits per heavy atom. The molecule has 1 saturated heterocycles. The third-order valence-electron chi connectivity index (χ3n) is 5.94. The fourth-order valence-electron chi connectivity index (χ4n) is 4.44. The molecule has 1 aliphatic carbocycles. The number of halogens is 2. The Kier molecular flexibility index (Phi) is 10.7. The van der Waals surface area contributed by atoms with Gasteiger partial charge >= 0.3 is 0 Å². The molecule has 1 aromatic carbocycles. The summed E-state index contributed by atoms with van der Waals surface area (Å²) in [5.41, 5.74) is 8.32. The van der Waals surface area contributed by atoms with Crippen molar-refractivity contribution < 1.29 is 4.79 Å². The van der Waals surface area contributed by atoms with Crippen molar-refractivity contribution in [2.45, 2.75) is 52.1 Å². The molecule has 1 unspecified atom stereocenters. The number of hydrogen-bond donors (Lipinski definition) is 2. The topological polar surface area (TPSA) is 58.4 Å². The van der Waals surface area contributed by atoms with E-state index in [-0.39, 0.29) is 36.6 Å². The third-order valence-corrected chi connectivity index (χ3v) is 5.94. The molecule has 1 aliphatic heterocycles. The van der Waals surface area contributed by atoms with Gasteiger partial charge in [-0.25, -0.2) is 0 Å². The molecule has 0 aromatic heterocycles. The van der Waals surface area contributed by atoms with E-state index in [0.717, 1.165) is 31.7 Å². The van der Waals surface area contributed by atoms with Gasteiger partial charge in [0.05, 0.1) is 0 Å². The van der Waals surface area contributed by atoms with E-state index in [0.29, 0.717) is 19.0 Å². The van der Waals surface area contributed by atoms with E-state index >= 15 is 0 Å². The van der Waals surface area contributed by atoms with E-state index in [1.165, 1.54) is 37.1 Å². The molecule has 2 fully saturated rings. The maximum atomic E-state index is 12.4. The van der Waals surface area contributed by atoms with E-state index in [1.54, 1.807) is 0 Å². The van der Waals surface area contributed by atoms with Crippen LogP contribution < -0.4 is 11.1 Å². The summed E-state index contributed by atoms with van der Waals surface area (Å²) in [6.45, 7) is 7.05. The maximum Gasteiger partial charge on any atom is 0.223 e. The zero-order chi connectivity index (χ0) is 17.6. The van der Waals surface area contributed by atoms with Crippen LogP contribution in [0.1, 0.15) is 50.2 Å². The van der Waals surface area contributed by atoms with Gasteiger partial charge in [-0.1, -0.05) is 37.6 Å². The molecule has 0 radical (unpaired) electrons. The molecular formula is C21H35Cl2N3O. The molecule has 27 heavy (non-hydrogen) atoms. The summed E-state index contributed by atoms with van der Waals surface area (Å²) in [7, 11) is 0. The van der Waals surface area contributed by atoms with Crippen molar-refractivity contribution in [1.29, 1.82) is 0 Å². The number of carbonyl (C=O) groups excluding carboxylic acids is 1. The summed E-state index contributed by atoms with van der Waals surface area (Å²) in [6.07, 6.45) is 5.89. The van der Waals surface area contributed by atoms with Gasteiger partial charge in [0.1, 0.15) is 0 Å². The number of rotatable bonds is 6. The zero-order valence-corrected chi connectivity index (χ0v) is 18.0. The molecule has 3 rings (SSSR count). The van der Waals surface area contributed by atoms with E-state index in [9.17, 15) is 4.79 Å². The lowest BCUT2D eigenvalue weighted by atomic mass is 9.95. The number of benzene rings is 1. The lowest BCUT2D eigenvalue weighted by molar-refractivity contribution is -0.126. The number of piperidine rings is 1. The lowest BCUT2D eigenvalue weighted by Crippen LogP contribution is -2.34. The first kappa shape index (κ1) is 24.2. The van der Waals surface area contributed by atoms with Crippen LogP contribution in [-0.2, 0) is 17.9 Å². The molecule has 2 aliphatic rings. The minimum Gasteiger partial charge on any atom is -0.352 e. The molecule has 4 nitrogen and oxygen atoms in total. The van der Waals surface area contributed by atoms with Crippen LogP contribution in [0.3, 0.4) is 0 Å². The Morgan fingerprint density at radius 2 is 1.81 bits per heavy atom. The van der Waals surface area contributed by atoms with Crippen molar-refractivity contribution in [1.82, 2.24) is 10.2 Å². The van der Waals surface area contributed by atoms with E-state index in [4.69, 9.17) is 5.73 Å². The van der Waals surface area contributed by atoms with Gasteiger partial charge in [-0.3, -0.25) is 9.69 Å². The number of carbonyl (C=O) groups is 1. The second-order valence-electron chi connectivity index (χ2n) is 8.05. The van der Waals surface area contributed by atoms with Gasteiger partial charge in [0.25, 0.3) is 0 Å². The number of likely N-dealkylation sites (tertiary alicyclic amines) is 1. The van der Waals surface area contributed by atoms with E-state index < -0.39 is 0 Å². The predicted molar refractivity (Wildman–Crippen MR) is 116 cm³/mol. The zero-order valence-electron chi connectivity index (χ0n) is 16.4. The minimum atomic E-state index is 0. The minimum absolute atomic E-state index is 0. The van der Waals surface area contributed by atoms with Gasteiger partial charge in [0.2, 0.25) is 5.91 Å². The Bertz CT molecular complexity index is 567. The normalized spacial score (nSPS) is 25.3. The second-order valence-corrected chi connectivity index (χ2v) is 8.05. The van der Waals surface area contributed by atoms with Crippen molar-refractivity contribution in [3.8, 4) is 0 Å². The van der Waals surface area contributed by atoms with Crippen molar-refractivity contribution in [2.75, 3.05) is 19.6 Å². The van der Waals surface area contributed by atoms with Crippen molar-refractivity contribution in [3.63, 3.8) is 0 Å². The Morgan fingerprint density at radius 1 is 1.11 bits per heavy atom. The fourth-order valence-corrected chi connectivity index (χ4v) is 4.44. The molecule has 1 heterocycles. The maximum absolute atomic E-state index is 12.4. The highest BCUT2D eigenvalue weighted by Crippen LogP contribution is 2.31. The van der Waals surface area contributed by atoms with Gasteiger partial charge in [-0.15, -0.1) is 24.8 Å². The molecule has 6 heteroatoms. The smallest absolute Gasteiger partial charge is 0.223 e. The van der Waals surface area contributed by atoms with Crippen molar-refractivity contribution >= 4 is 30.7 Å². The standard InChI is InChI=1S/C21H33N3O.2ClH/c1-16-4-3-11-24(14-16)15-18-9-7-17(8-10-18)13-23-21(25)20-6-2-5-19(20)12-22;;/h7-10,16,19-20H,2-6,11-15,22H2,1H3,(H,23,25);2*1H/t16?,19-,20-;;/m1../s1. The van der Waals surface area contributed by atoms with Crippen LogP contribution >= 0.6 is 24.8 Å². The van der Waals surface area contributed by atoms with E-state index in [1.807, 2.05) is 0 Å². The summed E-state index contributed by atoms with van der Waals surface area (Å²) in [4.78, 5) is 14.9. The summed E-state index contributed by atoms with van der Waals surface area (Å²) in [5.74, 6) is 1.48. The van der Waals surface area contributed by atoms with Gasteiger partial charge < -0.3 is 11.1 Å². The van der Waals surface area contributed by atoms with Gasteiger partial charge in [-0.05, 0) is 61.7 Å². The molecule has 1 amide bonds. The van der Waals surface area contributed by atoms with Crippen LogP contribution in [0.25, 0.3) is 0 Å². The number of nitrogens with zero attached hydrogens (tertiary/aromatic N) is 1. The third kappa shape index (κ3) is 6.94. The first-order valence-electron chi connectivity index (χ1n) is 9.93. The summed E-state index contributed by atoms with van der Waals surface area (Å²) in [5, 5.41) is 3.11. The molecule has 0 spiro atoms. The molecule has 3 N–H and O–H groups in total. The average Bonchev–Trinajstić information content (AvgIpc) is 3.10. The lowest BCUT2D eigenvalue weighted by Gasteiger charge is -2.30. The Hall–Kier alpha value is -0.810. The Labute approximate surface area is 176 Å². The van der Waals surface area contributed by atoms with E-state index in [2.05, 4.69) is 41.4 Å². The molecular weight excluding hydrogens is 381 g/mol. The number of hydrogen-bond acceptors (Lipinski definition) is 3. The van der Waals surface area contributed by atoms with Crippen LogP contribution in [0.4, 0.5) is 0 Å². The van der Waals surface area contributed by atoms with Gasteiger partial charge in [-0.2, -0.15) is 0 Å². The van der Waals surface area contributed by atoms with Crippen LogP contribution in [-0.4, -0.2) is 30.4 Å². The SMILES string of the molecule is CC1CCCN(Cc2ccc(CNC(=O)[C@@H]3CCC[C@@H]3CN)cc2)C1.Cl.Cl. The second kappa shape index (κ2) is 11.9. The highest BCUT2D eigenvalue weighted by molar-refractivity contribution is 5.85. The monoisotopic (exact) mass is 415 g/mol. The van der Waals surface area contributed by atoms with Crippen LogP contribution in [0.15, 0.2) is 24.3 Å². The molecule has 1 aromatic rings. The number of nitrogens with one attached hydrogen (secondary N) is 1. The largest absolute Gasteiger partial charge is 0.352 e.